The van der Waals surface area contributed by atoms with Crippen LogP contribution in [0.2, 0.25) is 0 Å². The molecule has 0 aromatic heterocycles. The van der Waals surface area contributed by atoms with Crippen molar-refractivity contribution in [1.82, 2.24) is 0 Å². The van der Waals surface area contributed by atoms with Crippen LogP contribution >= 0.6 is 0 Å². The number of hydrogen-bond acceptors (Lipinski definition) is 8. The summed E-state index contributed by atoms with van der Waals surface area (Å²) < 4.78 is 22.7. The van der Waals surface area contributed by atoms with Crippen molar-refractivity contribution in [3.05, 3.63) is 122 Å². The van der Waals surface area contributed by atoms with Crippen molar-refractivity contribution in [3.63, 3.8) is 0 Å². The number of aliphatic carboxylic acids is 1. The maximum Gasteiger partial charge on any atom is 0.306 e. The van der Waals surface area contributed by atoms with Gasteiger partial charge in [-0.15, -0.1) is 0 Å². The number of quaternary nitrogens is 1. The summed E-state index contributed by atoms with van der Waals surface area (Å²) in [4.78, 5) is 37.4. The van der Waals surface area contributed by atoms with Crippen LogP contribution in [0.4, 0.5) is 0 Å². The Hall–Kier alpha value is -4.31. The van der Waals surface area contributed by atoms with Crippen LogP contribution in [0.3, 0.4) is 0 Å². The van der Waals surface area contributed by atoms with Crippen molar-refractivity contribution in [2.75, 3.05) is 47.5 Å². The maximum atomic E-state index is 12.9. The minimum Gasteiger partial charge on any atom is -0.545 e. The number of hydrogen-bond donors (Lipinski definition) is 0. The summed E-state index contributed by atoms with van der Waals surface area (Å²) >= 11 is 0. The zero-order valence-corrected chi connectivity index (χ0v) is 52.6. The van der Waals surface area contributed by atoms with Gasteiger partial charge in [-0.1, -0.05) is 257 Å². The van der Waals surface area contributed by atoms with E-state index < -0.39 is 24.3 Å². The Labute approximate surface area is 497 Å². The number of carbonyl (C=O) groups excluding carboxylic acids is 3. The molecular weight excluding hydrogens is 1010 g/mol. The van der Waals surface area contributed by atoms with Gasteiger partial charge in [-0.25, -0.2) is 0 Å². The summed E-state index contributed by atoms with van der Waals surface area (Å²) in [6.45, 7) is 4.61. The molecule has 0 aliphatic carbocycles. The fourth-order valence-electron chi connectivity index (χ4n) is 8.70. The normalized spacial score (nSPS) is 13.5. The predicted octanol–water partition coefficient (Wildman–Crippen LogP) is 18.7. The fraction of sp³-hybridized carbons (Fsp3) is 0.681. The molecule has 462 valence electrons. The van der Waals surface area contributed by atoms with Crippen molar-refractivity contribution in [2.45, 2.75) is 270 Å². The minimum atomic E-state index is -1.63. The Morgan fingerprint density at radius 1 is 0.383 bits per heavy atom. The van der Waals surface area contributed by atoms with Gasteiger partial charge in [-0.2, -0.15) is 0 Å². The highest BCUT2D eigenvalue weighted by molar-refractivity contribution is 5.70. The number of carboxylic acid groups (broad SMARTS) is 1. The van der Waals surface area contributed by atoms with Crippen LogP contribution in [-0.4, -0.2) is 82.3 Å². The summed E-state index contributed by atoms with van der Waals surface area (Å²) in [6.07, 6.45) is 84.0. The van der Waals surface area contributed by atoms with Crippen LogP contribution in [0.1, 0.15) is 258 Å². The molecule has 0 saturated heterocycles. The lowest BCUT2D eigenvalue weighted by Gasteiger charge is -2.26. The first-order chi connectivity index (χ1) is 39.6. The second-order valence-electron chi connectivity index (χ2n) is 22.7. The number of rotatable bonds is 59. The average molecular weight is 1130 g/mol. The molecule has 0 radical (unpaired) electrons. The molecule has 0 aliphatic heterocycles. The zero-order valence-electron chi connectivity index (χ0n) is 52.6. The lowest BCUT2D eigenvalue weighted by atomic mass is 10.0. The first-order valence-electron chi connectivity index (χ1n) is 32.7. The third-order valence-corrected chi connectivity index (χ3v) is 13.7. The highest BCUT2D eigenvalue weighted by Crippen LogP contribution is 2.16. The van der Waals surface area contributed by atoms with Crippen molar-refractivity contribution in [1.29, 1.82) is 0 Å². The molecule has 2 unspecified atom stereocenters. The topological polar surface area (TPSA) is 111 Å². The monoisotopic (exact) mass is 1130 g/mol. The van der Waals surface area contributed by atoms with Crippen LogP contribution in [0.15, 0.2) is 122 Å². The van der Waals surface area contributed by atoms with E-state index in [0.717, 1.165) is 116 Å². The van der Waals surface area contributed by atoms with Gasteiger partial charge in [0.05, 0.1) is 40.3 Å². The van der Waals surface area contributed by atoms with Crippen LogP contribution in [0.5, 0.6) is 0 Å². The van der Waals surface area contributed by atoms with Crippen molar-refractivity contribution >= 4 is 17.9 Å². The van der Waals surface area contributed by atoms with Crippen molar-refractivity contribution < 1.29 is 42.9 Å². The first-order valence-corrected chi connectivity index (χ1v) is 32.7. The third-order valence-electron chi connectivity index (χ3n) is 13.7. The van der Waals surface area contributed by atoms with Crippen LogP contribution in [-0.2, 0) is 33.3 Å². The molecule has 81 heavy (non-hydrogen) atoms. The van der Waals surface area contributed by atoms with Crippen LogP contribution < -0.4 is 5.11 Å². The summed E-state index contributed by atoms with van der Waals surface area (Å²) in [5.41, 5.74) is 0. The number of esters is 2. The Morgan fingerprint density at radius 3 is 1.05 bits per heavy atom. The molecule has 0 heterocycles. The van der Waals surface area contributed by atoms with E-state index in [0.29, 0.717) is 17.4 Å². The second-order valence-corrected chi connectivity index (χ2v) is 22.7. The molecule has 0 amide bonds. The number of unbranched alkanes of at least 4 members (excludes halogenated alkanes) is 24. The van der Waals surface area contributed by atoms with E-state index in [2.05, 4.69) is 135 Å². The number of ether oxygens (including phenoxy) is 4. The largest absolute Gasteiger partial charge is 0.545 e. The molecule has 0 rings (SSSR count). The van der Waals surface area contributed by atoms with Crippen molar-refractivity contribution in [3.8, 4) is 0 Å². The van der Waals surface area contributed by atoms with Gasteiger partial charge in [0.25, 0.3) is 0 Å². The number of nitrogens with zero attached hydrogens (tertiary/aromatic N) is 1. The number of allylic oxidation sites excluding steroid dienone is 20. The number of carboxylic acids is 1. The number of likely N-dealkylation sites (N-methyl/N-ethyl adjacent to an activating group) is 1. The van der Waals surface area contributed by atoms with E-state index in [-0.39, 0.29) is 38.6 Å². The minimum absolute atomic E-state index is 0.138. The molecule has 0 fully saturated rings. The van der Waals surface area contributed by atoms with Gasteiger partial charge in [-0.05, 0) is 109 Å². The summed E-state index contributed by atoms with van der Waals surface area (Å²) in [5, 5.41) is 11.8. The molecular formula is C72H121NO8. The highest BCUT2D eigenvalue weighted by atomic mass is 16.7. The van der Waals surface area contributed by atoms with Crippen LogP contribution in [0.25, 0.3) is 0 Å². The van der Waals surface area contributed by atoms with Gasteiger partial charge in [0.1, 0.15) is 13.2 Å². The number of carbonyl (C=O) groups is 3. The first kappa shape index (κ1) is 76.7. The smallest absolute Gasteiger partial charge is 0.306 e. The van der Waals surface area contributed by atoms with Gasteiger partial charge in [0, 0.05) is 12.8 Å². The second kappa shape index (κ2) is 61.8. The van der Waals surface area contributed by atoms with E-state index >= 15 is 0 Å². The standard InChI is InChI=1S/C72H121NO8/c1-6-8-10-12-14-16-18-20-22-24-26-28-30-32-33-34-35-36-37-39-41-43-45-47-49-51-53-55-57-59-61-63-70(75)81-68(67-80-72(71(76)77)78-65-64-73(3,4)5)66-79-69(74)62-60-58-56-54-52-50-48-46-44-42-40-38-31-29-27-25-23-21-19-17-15-13-11-9-7-2/h8,10,14,16,19-22,25-28,32-33,35-36,39,41,45,47,68,72H,6-7,9,11-13,15,17-18,23-24,29-31,34,37-38,40,42-44,46,48-67H2,1-5H3/b10-8-,16-14-,21-19-,22-20-,27-25-,28-26-,33-32-,36-35-,41-39-,47-45-. The molecule has 0 aromatic carbocycles. The van der Waals surface area contributed by atoms with E-state index in [1.165, 1.54) is 109 Å². The SMILES string of the molecule is CC/C=C\C/C=C\C/C=C\C/C=C\C/C=C\C/C=C\C/C=C\C/C=C\CCCCCCCCC(=O)OC(COC(=O)CCCCCCCCCCCCCCC/C=C\C/C=C\CCCCCCC)COC(OCC[N+](C)(C)C)C(=O)[O-]. The average Bonchev–Trinajstić information content (AvgIpc) is 3.44. The summed E-state index contributed by atoms with van der Waals surface area (Å²) in [7, 11) is 5.91. The Bertz CT molecular complexity index is 1740. The van der Waals surface area contributed by atoms with Crippen molar-refractivity contribution in [2.24, 2.45) is 0 Å². The molecule has 9 heteroatoms. The fourth-order valence-corrected chi connectivity index (χ4v) is 8.70. The Morgan fingerprint density at radius 2 is 0.704 bits per heavy atom. The molecule has 0 bridgehead atoms. The van der Waals surface area contributed by atoms with Crippen LogP contribution in [0, 0.1) is 0 Å². The highest BCUT2D eigenvalue weighted by Gasteiger charge is 2.22. The van der Waals surface area contributed by atoms with Gasteiger partial charge >= 0.3 is 11.9 Å². The van der Waals surface area contributed by atoms with Gasteiger partial charge in [0.15, 0.2) is 12.4 Å². The molecule has 0 saturated carbocycles. The van der Waals surface area contributed by atoms with Gasteiger partial charge in [-0.3, -0.25) is 9.59 Å². The maximum absolute atomic E-state index is 12.9. The van der Waals surface area contributed by atoms with E-state index in [4.69, 9.17) is 18.9 Å². The summed E-state index contributed by atoms with van der Waals surface area (Å²) in [6, 6.07) is 0. The quantitative estimate of drug-likeness (QED) is 0.0195. The lowest BCUT2D eigenvalue weighted by Crippen LogP contribution is -2.44. The Balaban J connectivity index is 4.25. The predicted molar refractivity (Wildman–Crippen MR) is 343 cm³/mol. The summed E-state index contributed by atoms with van der Waals surface area (Å²) in [5.74, 6) is -2.31. The van der Waals surface area contributed by atoms with E-state index in [1.807, 2.05) is 21.1 Å². The lowest BCUT2D eigenvalue weighted by molar-refractivity contribution is -0.870. The molecule has 0 aromatic rings. The molecule has 0 spiro atoms. The van der Waals surface area contributed by atoms with E-state index in [1.54, 1.807) is 0 Å². The van der Waals surface area contributed by atoms with E-state index in [9.17, 15) is 19.5 Å². The molecule has 2 atom stereocenters. The third kappa shape index (κ3) is 63.1. The van der Waals surface area contributed by atoms with Gasteiger partial charge < -0.3 is 33.3 Å². The Kier molecular flexibility index (Phi) is 58.5. The molecule has 0 aliphatic rings. The molecule has 9 nitrogen and oxygen atoms in total. The van der Waals surface area contributed by atoms with Gasteiger partial charge in [0.2, 0.25) is 0 Å². The molecule has 0 N–H and O–H groups in total. The zero-order chi connectivity index (χ0) is 59.1.